The van der Waals surface area contributed by atoms with Crippen LogP contribution in [-0.4, -0.2) is 6.54 Å². The summed E-state index contributed by atoms with van der Waals surface area (Å²) in [6.07, 6.45) is 1.27. The molecule has 0 unspecified atom stereocenters. The van der Waals surface area contributed by atoms with Gasteiger partial charge in [-0.05, 0) is 55.0 Å². The summed E-state index contributed by atoms with van der Waals surface area (Å²) in [5.41, 5.74) is 6.34. The SMILES string of the molecule is Cc1cc(F)c(CCC(C)(C)CN)cc1F. The molecule has 0 aliphatic heterocycles. The number of halogens is 2. The standard InChI is InChI=1S/C13H19F2N/c1-9-6-12(15)10(7-11(9)14)4-5-13(2,3)8-16/h6-7H,4-5,8,16H2,1-3H3. The molecular weight excluding hydrogens is 208 g/mol. The number of aryl methyl sites for hydroxylation is 2. The van der Waals surface area contributed by atoms with Crippen molar-refractivity contribution in [2.24, 2.45) is 11.1 Å². The third-order valence-corrected chi connectivity index (χ3v) is 2.95. The van der Waals surface area contributed by atoms with Crippen LogP contribution in [0.1, 0.15) is 31.4 Å². The van der Waals surface area contributed by atoms with Gasteiger partial charge in [0.05, 0.1) is 0 Å². The van der Waals surface area contributed by atoms with E-state index in [4.69, 9.17) is 5.73 Å². The monoisotopic (exact) mass is 227 g/mol. The van der Waals surface area contributed by atoms with E-state index in [1.807, 2.05) is 13.8 Å². The molecule has 1 rings (SSSR count). The quantitative estimate of drug-likeness (QED) is 0.840. The van der Waals surface area contributed by atoms with Gasteiger partial charge in [0.2, 0.25) is 0 Å². The van der Waals surface area contributed by atoms with Crippen molar-refractivity contribution in [1.29, 1.82) is 0 Å². The molecule has 0 saturated carbocycles. The van der Waals surface area contributed by atoms with Gasteiger partial charge >= 0.3 is 0 Å². The highest BCUT2D eigenvalue weighted by molar-refractivity contribution is 5.25. The molecule has 0 aliphatic carbocycles. The molecule has 0 fully saturated rings. The first-order valence-electron chi connectivity index (χ1n) is 5.50. The molecule has 1 aromatic rings. The summed E-state index contributed by atoms with van der Waals surface area (Å²) in [5.74, 6) is -0.673. The second-order valence-electron chi connectivity index (χ2n) is 5.06. The second kappa shape index (κ2) is 4.91. The van der Waals surface area contributed by atoms with Crippen LogP contribution in [-0.2, 0) is 6.42 Å². The molecule has 1 nitrogen and oxygen atoms in total. The molecule has 0 heterocycles. The molecule has 0 aliphatic rings. The Morgan fingerprint density at radius 1 is 1.19 bits per heavy atom. The molecule has 2 N–H and O–H groups in total. The van der Waals surface area contributed by atoms with Crippen LogP contribution >= 0.6 is 0 Å². The van der Waals surface area contributed by atoms with Crippen molar-refractivity contribution in [1.82, 2.24) is 0 Å². The van der Waals surface area contributed by atoms with Crippen molar-refractivity contribution in [2.75, 3.05) is 6.54 Å². The molecule has 0 aromatic heterocycles. The zero-order valence-electron chi connectivity index (χ0n) is 10.1. The zero-order chi connectivity index (χ0) is 12.3. The normalized spacial score (nSPS) is 11.9. The molecule has 0 saturated heterocycles. The maximum Gasteiger partial charge on any atom is 0.126 e. The minimum Gasteiger partial charge on any atom is -0.330 e. The van der Waals surface area contributed by atoms with Gasteiger partial charge in [0, 0.05) is 0 Å². The van der Waals surface area contributed by atoms with E-state index in [1.165, 1.54) is 12.1 Å². The van der Waals surface area contributed by atoms with Crippen molar-refractivity contribution < 1.29 is 8.78 Å². The van der Waals surface area contributed by atoms with Crippen molar-refractivity contribution in [3.8, 4) is 0 Å². The van der Waals surface area contributed by atoms with Crippen LogP contribution in [0, 0.1) is 24.0 Å². The van der Waals surface area contributed by atoms with Gasteiger partial charge in [0.25, 0.3) is 0 Å². The largest absolute Gasteiger partial charge is 0.330 e. The average molecular weight is 227 g/mol. The summed E-state index contributed by atoms with van der Waals surface area (Å²) in [5, 5.41) is 0. The average Bonchev–Trinajstić information content (AvgIpc) is 2.22. The molecular formula is C13H19F2N. The Morgan fingerprint density at radius 3 is 2.38 bits per heavy atom. The highest BCUT2D eigenvalue weighted by atomic mass is 19.1. The van der Waals surface area contributed by atoms with E-state index in [2.05, 4.69) is 0 Å². The summed E-state index contributed by atoms with van der Waals surface area (Å²) in [4.78, 5) is 0. The van der Waals surface area contributed by atoms with Crippen molar-refractivity contribution >= 4 is 0 Å². The van der Waals surface area contributed by atoms with Gasteiger partial charge in [-0.25, -0.2) is 8.78 Å². The first-order valence-corrected chi connectivity index (χ1v) is 5.50. The third-order valence-electron chi connectivity index (χ3n) is 2.95. The zero-order valence-corrected chi connectivity index (χ0v) is 10.1. The van der Waals surface area contributed by atoms with Gasteiger partial charge in [0.1, 0.15) is 11.6 Å². The van der Waals surface area contributed by atoms with Crippen LogP contribution in [0.3, 0.4) is 0 Å². The van der Waals surface area contributed by atoms with E-state index in [1.54, 1.807) is 6.92 Å². The lowest BCUT2D eigenvalue weighted by Gasteiger charge is -2.22. The number of hydrogen-bond donors (Lipinski definition) is 1. The minimum atomic E-state index is -0.345. The Hall–Kier alpha value is -0.960. The summed E-state index contributed by atoms with van der Waals surface area (Å²) >= 11 is 0. The van der Waals surface area contributed by atoms with Gasteiger partial charge in [0.15, 0.2) is 0 Å². The predicted molar refractivity (Wildman–Crippen MR) is 62.3 cm³/mol. The highest BCUT2D eigenvalue weighted by Gasteiger charge is 2.17. The van der Waals surface area contributed by atoms with Crippen LogP contribution in [0.5, 0.6) is 0 Å². The Morgan fingerprint density at radius 2 is 1.81 bits per heavy atom. The molecule has 90 valence electrons. The van der Waals surface area contributed by atoms with Crippen LogP contribution in [0.25, 0.3) is 0 Å². The van der Waals surface area contributed by atoms with Crippen molar-refractivity contribution in [2.45, 2.75) is 33.6 Å². The first-order chi connectivity index (χ1) is 7.35. The Kier molecular flexibility index (Phi) is 4.03. The molecule has 16 heavy (non-hydrogen) atoms. The van der Waals surface area contributed by atoms with E-state index >= 15 is 0 Å². The first kappa shape index (κ1) is 13.1. The van der Waals surface area contributed by atoms with Crippen LogP contribution < -0.4 is 5.73 Å². The number of nitrogens with two attached hydrogens (primary N) is 1. The van der Waals surface area contributed by atoms with E-state index in [0.717, 1.165) is 6.42 Å². The molecule has 0 amide bonds. The van der Waals surface area contributed by atoms with Crippen LogP contribution in [0.4, 0.5) is 8.78 Å². The smallest absolute Gasteiger partial charge is 0.126 e. The lowest BCUT2D eigenvalue weighted by atomic mass is 9.86. The number of rotatable bonds is 4. The third kappa shape index (κ3) is 3.27. The fraction of sp³-hybridized carbons (Fsp3) is 0.538. The summed E-state index contributed by atoms with van der Waals surface area (Å²) in [7, 11) is 0. The van der Waals surface area contributed by atoms with Gasteiger partial charge in [-0.3, -0.25) is 0 Å². The molecule has 3 heteroatoms. The van der Waals surface area contributed by atoms with Gasteiger partial charge < -0.3 is 5.73 Å². The lowest BCUT2D eigenvalue weighted by molar-refractivity contribution is 0.345. The number of benzene rings is 1. The number of hydrogen-bond acceptors (Lipinski definition) is 1. The highest BCUT2D eigenvalue weighted by Crippen LogP contribution is 2.23. The molecule has 1 aromatic carbocycles. The second-order valence-corrected chi connectivity index (χ2v) is 5.06. The lowest BCUT2D eigenvalue weighted by Crippen LogP contribution is -2.24. The van der Waals surface area contributed by atoms with Gasteiger partial charge in [-0.15, -0.1) is 0 Å². The Bertz CT molecular complexity index is 372. The van der Waals surface area contributed by atoms with Crippen molar-refractivity contribution in [3.05, 3.63) is 34.9 Å². The molecule has 0 bridgehead atoms. The molecule has 0 atom stereocenters. The van der Waals surface area contributed by atoms with Gasteiger partial charge in [-0.1, -0.05) is 13.8 Å². The van der Waals surface area contributed by atoms with Crippen LogP contribution in [0.2, 0.25) is 0 Å². The predicted octanol–water partition coefficient (Wildman–Crippen LogP) is 3.19. The Labute approximate surface area is 95.7 Å². The van der Waals surface area contributed by atoms with E-state index in [9.17, 15) is 8.78 Å². The fourth-order valence-corrected chi connectivity index (χ4v) is 1.45. The summed E-state index contributed by atoms with van der Waals surface area (Å²) in [6.45, 7) is 6.15. The maximum absolute atomic E-state index is 13.5. The minimum absolute atomic E-state index is 0.0339. The van der Waals surface area contributed by atoms with E-state index < -0.39 is 0 Å². The fourth-order valence-electron chi connectivity index (χ4n) is 1.45. The van der Waals surface area contributed by atoms with Crippen LogP contribution in [0.15, 0.2) is 12.1 Å². The molecule has 0 radical (unpaired) electrons. The van der Waals surface area contributed by atoms with E-state index in [0.29, 0.717) is 24.1 Å². The van der Waals surface area contributed by atoms with Crippen molar-refractivity contribution in [3.63, 3.8) is 0 Å². The molecule has 0 spiro atoms. The maximum atomic E-state index is 13.5. The summed E-state index contributed by atoms with van der Waals surface area (Å²) < 4.78 is 26.8. The van der Waals surface area contributed by atoms with E-state index in [-0.39, 0.29) is 17.0 Å². The summed E-state index contributed by atoms with van der Waals surface area (Å²) in [6, 6.07) is 2.54. The van der Waals surface area contributed by atoms with Gasteiger partial charge in [-0.2, -0.15) is 0 Å². The Balaban J connectivity index is 2.79. The topological polar surface area (TPSA) is 26.0 Å².